The highest BCUT2D eigenvalue weighted by atomic mass is 35.5. The molecule has 1 N–H and O–H groups in total. The van der Waals surface area contributed by atoms with E-state index < -0.39 is 16.5 Å². The lowest BCUT2D eigenvalue weighted by atomic mass is 10.2. The zero-order valence-corrected chi connectivity index (χ0v) is 14.8. The predicted molar refractivity (Wildman–Crippen MR) is 93.4 cm³/mol. The number of nitrogens with one attached hydrogen (secondary N) is 1. The molecule has 0 aliphatic carbocycles. The lowest BCUT2D eigenvalue weighted by Crippen LogP contribution is -2.18. The van der Waals surface area contributed by atoms with Crippen LogP contribution in [0.15, 0.2) is 30.7 Å². The van der Waals surface area contributed by atoms with Gasteiger partial charge in [-0.3, -0.25) is 24.9 Å². The van der Waals surface area contributed by atoms with Crippen molar-refractivity contribution in [3.63, 3.8) is 0 Å². The zero-order chi connectivity index (χ0) is 18.8. The number of nitrogens with zero attached hydrogens (tertiary/aromatic N) is 6. The number of hydrogen-bond acceptors (Lipinski definition) is 6. The second-order valence-corrected chi connectivity index (χ2v) is 6.04. The number of hydrogen-bond donors (Lipinski definition) is 1. The number of carbonyl (C=O) groups excluding carboxylic acids is 1. The maximum atomic E-state index is 12.3. The highest BCUT2D eigenvalue weighted by molar-refractivity contribution is 6.42. The smallest absolute Gasteiger partial charge is 0.288 e. The summed E-state index contributed by atoms with van der Waals surface area (Å²) >= 11 is 11.8. The van der Waals surface area contributed by atoms with Crippen LogP contribution in [0.4, 0.5) is 11.6 Å². The SMILES string of the molecule is Cn1ncc([N+](=O)[O-])c1C(=O)Nc1ncn(Cc2ccc(Cl)c(Cl)c2)n1. The predicted octanol–water partition coefficient (Wildman–Crippen LogP) is 2.53. The molecule has 2 aromatic heterocycles. The van der Waals surface area contributed by atoms with Crippen molar-refractivity contribution in [3.8, 4) is 0 Å². The molecule has 0 saturated carbocycles. The summed E-state index contributed by atoms with van der Waals surface area (Å²) in [6, 6.07) is 5.15. The summed E-state index contributed by atoms with van der Waals surface area (Å²) < 4.78 is 2.59. The molecule has 0 fully saturated rings. The minimum atomic E-state index is -0.732. The number of aromatic nitrogens is 5. The minimum Gasteiger partial charge on any atom is -0.288 e. The van der Waals surface area contributed by atoms with E-state index in [0.29, 0.717) is 16.6 Å². The summed E-state index contributed by atoms with van der Waals surface area (Å²) in [6.07, 6.45) is 2.42. The van der Waals surface area contributed by atoms with Crippen molar-refractivity contribution < 1.29 is 9.72 Å². The van der Waals surface area contributed by atoms with Crippen molar-refractivity contribution >= 4 is 40.7 Å². The second kappa shape index (κ2) is 7.10. The molecule has 134 valence electrons. The van der Waals surface area contributed by atoms with E-state index in [0.717, 1.165) is 16.4 Å². The van der Waals surface area contributed by atoms with Crippen LogP contribution in [0.3, 0.4) is 0 Å². The Kier molecular flexibility index (Phi) is 4.87. The molecular formula is C14H11Cl2N7O3. The average molecular weight is 396 g/mol. The van der Waals surface area contributed by atoms with Crippen LogP contribution in [-0.4, -0.2) is 35.4 Å². The summed E-state index contributed by atoms with van der Waals surface area (Å²) in [4.78, 5) is 26.5. The number of halogens is 2. The lowest BCUT2D eigenvalue weighted by molar-refractivity contribution is -0.385. The Morgan fingerprint density at radius 1 is 1.35 bits per heavy atom. The van der Waals surface area contributed by atoms with Gasteiger partial charge >= 0.3 is 5.69 Å². The van der Waals surface area contributed by atoms with Crippen LogP contribution in [0, 0.1) is 10.1 Å². The number of aryl methyl sites for hydroxylation is 1. The van der Waals surface area contributed by atoms with Crippen LogP contribution >= 0.6 is 23.2 Å². The van der Waals surface area contributed by atoms with Gasteiger partial charge in [0, 0.05) is 7.05 Å². The molecule has 3 rings (SSSR count). The standard InChI is InChI=1S/C14H11Cl2N7O3/c1-21-12(11(5-18-21)23(25)26)13(24)19-14-17-7-22(20-14)6-8-2-3-9(15)10(16)4-8/h2-5,7H,6H2,1H3,(H,19,20,24). The third kappa shape index (κ3) is 3.65. The second-order valence-electron chi connectivity index (χ2n) is 5.23. The molecule has 0 unspecified atom stereocenters. The monoisotopic (exact) mass is 395 g/mol. The molecule has 26 heavy (non-hydrogen) atoms. The van der Waals surface area contributed by atoms with E-state index in [2.05, 4.69) is 20.5 Å². The van der Waals surface area contributed by atoms with Crippen LogP contribution in [0.5, 0.6) is 0 Å². The van der Waals surface area contributed by atoms with Crippen LogP contribution in [0.2, 0.25) is 10.0 Å². The zero-order valence-electron chi connectivity index (χ0n) is 13.3. The Morgan fingerprint density at radius 3 is 2.81 bits per heavy atom. The molecule has 0 atom stereocenters. The quantitative estimate of drug-likeness (QED) is 0.523. The first-order valence-corrected chi connectivity index (χ1v) is 7.92. The van der Waals surface area contributed by atoms with Gasteiger partial charge in [0.1, 0.15) is 12.5 Å². The van der Waals surface area contributed by atoms with Gasteiger partial charge in [-0.05, 0) is 17.7 Å². The van der Waals surface area contributed by atoms with Crippen LogP contribution < -0.4 is 5.32 Å². The van der Waals surface area contributed by atoms with E-state index in [4.69, 9.17) is 23.2 Å². The highest BCUT2D eigenvalue weighted by Crippen LogP contribution is 2.23. The fourth-order valence-electron chi connectivity index (χ4n) is 2.24. The van der Waals surface area contributed by atoms with Crippen molar-refractivity contribution in [1.29, 1.82) is 0 Å². The molecule has 1 aromatic carbocycles. The van der Waals surface area contributed by atoms with Gasteiger partial charge in [0.2, 0.25) is 11.6 Å². The summed E-state index contributed by atoms with van der Waals surface area (Å²) in [5.41, 5.74) is 0.237. The first-order chi connectivity index (χ1) is 12.3. The Hall–Kier alpha value is -2.98. The average Bonchev–Trinajstić information content (AvgIpc) is 3.17. The maximum absolute atomic E-state index is 12.3. The Morgan fingerprint density at radius 2 is 2.12 bits per heavy atom. The Balaban J connectivity index is 1.74. The molecule has 0 aliphatic rings. The molecule has 0 spiro atoms. The summed E-state index contributed by atoms with van der Waals surface area (Å²) in [6.45, 7) is 0.353. The van der Waals surface area contributed by atoms with E-state index >= 15 is 0 Å². The van der Waals surface area contributed by atoms with Gasteiger partial charge in [0.25, 0.3) is 5.91 Å². The molecular weight excluding hydrogens is 385 g/mol. The molecule has 12 heteroatoms. The van der Waals surface area contributed by atoms with Crippen LogP contribution in [0.1, 0.15) is 16.1 Å². The summed E-state index contributed by atoms with van der Waals surface area (Å²) in [7, 11) is 1.43. The molecule has 0 radical (unpaired) electrons. The van der Waals surface area contributed by atoms with Crippen molar-refractivity contribution in [3.05, 3.63) is 62.1 Å². The lowest BCUT2D eigenvalue weighted by Gasteiger charge is -2.03. The molecule has 10 nitrogen and oxygen atoms in total. The highest BCUT2D eigenvalue weighted by Gasteiger charge is 2.26. The van der Waals surface area contributed by atoms with E-state index in [1.807, 2.05) is 0 Å². The van der Waals surface area contributed by atoms with E-state index in [9.17, 15) is 14.9 Å². The Labute approximate surface area is 156 Å². The summed E-state index contributed by atoms with van der Waals surface area (Å²) in [5, 5.41) is 22.1. The molecule has 1 amide bonds. The van der Waals surface area contributed by atoms with E-state index in [1.165, 1.54) is 18.1 Å². The molecule has 0 saturated heterocycles. The molecule has 0 bridgehead atoms. The Bertz CT molecular complexity index is 998. The number of anilines is 1. The number of carbonyl (C=O) groups is 1. The van der Waals surface area contributed by atoms with Crippen molar-refractivity contribution in [2.24, 2.45) is 7.05 Å². The first kappa shape index (κ1) is 17.8. The minimum absolute atomic E-state index is 0.00515. The van der Waals surface area contributed by atoms with E-state index in [-0.39, 0.29) is 11.6 Å². The van der Waals surface area contributed by atoms with Crippen LogP contribution in [-0.2, 0) is 13.6 Å². The normalized spacial score (nSPS) is 10.7. The van der Waals surface area contributed by atoms with Crippen molar-refractivity contribution in [2.75, 3.05) is 5.32 Å². The van der Waals surface area contributed by atoms with Crippen LogP contribution in [0.25, 0.3) is 0 Å². The molecule has 2 heterocycles. The van der Waals surface area contributed by atoms with Gasteiger partial charge in [0.15, 0.2) is 0 Å². The van der Waals surface area contributed by atoms with Gasteiger partial charge in [-0.25, -0.2) is 9.67 Å². The van der Waals surface area contributed by atoms with Crippen molar-refractivity contribution in [1.82, 2.24) is 24.5 Å². The summed E-state index contributed by atoms with van der Waals surface area (Å²) in [5.74, 6) is -0.727. The van der Waals surface area contributed by atoms with Gasteiger partial charge in [0.05, 0.1) is 21.5 Å². The van der Waals surface area contributed by atoms with Gasteiger partial charge in [-0.2, -0.15) is 5.10 Å². The molecule has 3 aromatic rings. The third-order valence-corrected chi connectivity index (χ3v) is 4.16. The fourth-order valence-corrected chi connectivity index (χ4v) is 2.56. The van der Waals surface area contributed by atoms with E-state index in [1.54, 1.807) is 18.2 Å². The third-order valence-electron chi connectivity index (χ3n) is 3.42. The first-order valence-electron chi connectivity index (χ1n) is 7.16. The maximum Gasteiger partial charge on any atom is 0.320 e. The number of amides is 1. The van der Waals surface area contributed by atoms with Gasteiger partial charge in [-0.15, -0.1) is 5.10 Å². The number of benzene rings is 1. The number of nitro groups is 1. The van der Waals surface area contributed by atoms with Gasteiger partial charge < -0.3 is 0 Å². The molecule has 0 aliphatic heterocycles. The largest absolute Gasteiger partial charge is 0.320 e. The van der Waals surface area contributed by atoms with Gasteiger partial charge in [-0.1, -0.05) is 29.3 Å². The topological polar surface area (TPSA) is 121 Å². The number of rotatable bonds is 5. The fraction of sp³-hybridized carbons (Fsp3) is 0.143. The van der Waals surface area contributed by atoms with Crippen molar-refractivity contribution in [2.45, 2.75) is 6.54 Å².